The Hall–Kier alpha value is -3.68. The van der Waals surface area contributed by atoms with Crippen LogP contribution < -0.4 is 5.48 Å². The molecule has 1 aliphatic carbocycles. The molecule has 1 unspecified atom stereocenters. The zero-order chi connectivity index (χ0) is 25.2. The van der Waals surface area contributed by atoms with Gasteiger partial charge in [-0.3, -0.25) is 14.9 Å². The number of rotatable bonds is 8. The van der Waals surface area contributed by atoms with Gasteiger partial charge in [-0.15, -0.1) is 0 Å². The van der Waals surface area contributed by atoms with Crippen LogP contribution in [0, 0.1) is 19.7 Å². The maximum Gasteiger partial charge on any atom is 0.267 e. The number of amides is 1. The Morgan fingerprint density at radius 3 is 2.86 bits per heavy atom. The Labute approximate surface area is 209 Å². The molecule has 0 bridgehead atoms. The van der Waals surface area contributed by atoms with Gasteiger partial charge in [-0.25, -0.2) is 9.87 Å². The molecule has 0 fully saturated rings. The van der Waals surface area contributed by atoms with Gasteiger partial charge in [0, 0.05) is 53.7 Å². The molecule has 2 aromatic carbocycles. The second kappa shape index (κ2) is 10.1. The lowest BCUT2D eigenvalue weighted by atomic mass is 10.0. The number of hydrogen-bond acceptors (Lipinski definition) is 3. The van der Waals surface area contributed by atoms with Gasteiger partial charge in [0.05, 0.1) is 0 Å². The fourth-order valence-electron chi connectivity index (χ4n) is 5.43. The Morgan fingerprint density at radius 1 is 1.22 bits per heavy atom. The number of aryl methyl sites for hydroxylation is 3. The van der Waals surface area contributed by atoms with E-state index in [0.29, 0.717) is 0 Å². The molecule has 4 N–H and O–H groups in total. The standard InChI is InChI=1S/C29H31FN4O2/c1-18-13-19(2)32-27(18)17-34(12-11-22-16-31-26-15-23(30)6-8-24(22)26)28-9-5-21-14-20(3-7-25(21)28)4-10-29(35)33-36/h3-4,6-8,10,13-16,28,31-32,36H,5,9,11-12,17H2,1-2H3,(H,33,35). The first kappa shape index (κ1) is 24.0. The van der Waals surface area contributed by atoms with Gasteiger partial charge in [0.2, 0.25) is 0 Å². The van der Waals surface area contributed by atoms with Gasteiger partial charge >= 0.3 is 0 Å². The number of hydrogen-bond donors (Lipinski definition) is 4. The van der Waals surface area contributed by atoms with E-state index in [9.17, 15) is 9.18 Å². The molecule has 1 amide bonds. The van der Waals surface area contributed by atoms with Crippen LogP contribution in [-0.2, 0) is 24.2 Å². The summed E-state index contributed by atoms with van der Waals surface area (Å²) in [5.74, 6) is -0.778. The molecule has 6 nitrogen and oxygen atoms in total. The van der Waals surface area contributed by atoms with E-state index in [-0.39, 0.29) is 11.9 Å². The van der Waals surface area contributed by atoms with Crippen LogP contribution in [0.1, 0.15) is 51.7 Å². The average molecular weight is 487 g/mol. The predicted octanol–water partition coefficient (Wildman–Crippen LogP) is 5.50. The van der Waals surface area contributed by atoms with E-state index < -0.39 is 5.91 Å². The van der Waals surface area contributed by atoms with Crippen molar-refractivity contribution in [3.05, 3.63) is 99.8 Å². The number of fused-ring (bicyclic) bond motifs is 2. The molecule has 2 aromatic heterocycles. The summed E-state index contributed by atoms with van der Waals surface area (Å²) in [4.78, 5) is 20.6. The highest BCUT2D eigenvalue weighted by Crippen LogP contribution is 2.38. The van der Waals surface area contributed by atoms with E-state index >= 15 is 0 Å². The van der Waals surface area contributed by atoms with Crippen molar-refractivity contribution in [3.8, 4) is 0 Å². The van der Waals surface area contributed by atoms with Crippen molar-refractivity contribution in [2.75, 3.05) is 6.54 Å². The molecular formula is C29H31FN4O2. The number of aromatic amines is 2. The summed E-state index contributed by atoms with van der Waals surface area (Å²) in [6.45, 7) is 5.92. The maximum absolute atomic E-state index is 13.7. The van der Waals surface area contributed by atoms with Crippen molar-refractivity contribution in [1.82, 2.24) is 20.3 Å². The second-order valence-electron chi connectivity index (χ2n) is 9.66. The smallest absolute Gasteiger partial charge is 0.267 e. The molecule has 1 atom stereocenters. The van der Waals surface area contributed by atoms with Crippen molar-refractivity contribution < 1.29 is 14.4 Å². The monoisotopic (exact) mass is 486 g/mol. The molecule has 0 saturated carbocycles. The number of aromatic nitrogens is 2. The SMILES string of the molecule is Cc1cc(C)c(CN(CCc2c[nH]c3cc(F)ccc23)C2CCc3cc(C=CC(=O)NO)ccc32)[nH]1. The molecule has 36 heavy (non-hydrogen) atoms. The minimum absolute atomic E-state index is 0.233. The van der Waals surface area contributed by atoms with Gasteiger partial charge < -0.3 is 9.97 Å². The minimum Gasteiger partial charge on any atom is -0.361 e. The summed E-state index contributed by atoms with van der Waals surface area (Å²) in [5, 5.41) is 9.79. The number of H-pyrrole nitrogens is 2. The number of nitrogens with zero attached hydrogens (tertiary/aromatic N) is 1. The number of hydroxylamine groups is 1. The maximum atomic E-state index is 13.7. The van der Waals surface area contributed by atoms with E-state index in [1.165, 1.54) is 40.1 Å². The van der Waals surface area contributed by atoms with E-state index in [2.05, 4.69) is 46.9 Å². The molecule has 0 aliphatic heterocycles. The lowest BCUT2D eigenvalue weighted by Gasteiger charge is -2.30. The average Bonchev–Trinajstić information content (AvgIpc) is 3.56. The summed E-state index contributed by atoms with van der Waals surface area (Å²) in [5.41, 5.74) is 10.8. The van der Waals surface area contributed by atoms with Crippen LogP contribution in [-0.4, -0.2) is 32.5 Å². The van der Waals surface area contributed by atoms with Crippen LogP contribution in [0.5, 0.6) is 0 Å². The second-order valence-corrected chi connectivity index (χ2v) is 9.66. The van der Waals surface area contributed by atoms with Crippen molar-refractivity contribution in [1.29, 1.82) is 0 Å². The number of carbonyl (C=O) groups is 1. The van der Waals surface area contributed by atoms with E-state index in [1.54, 1.807) is 17.6 Å². The molecule has 0 spiro atoms. The van der Waals surface area contributed by atoms with Gasteiger partial charge in [-0.2, -0.15) is 0 Å². The fourth-order valence-corrected chi connectivity index (χ4v) is 5.43. The third kappa shape index (κ3) is 4.98. The van der Waals surface area contributed by atoms with Crippen LogP contribution in [0.4, 0.5) is 4.39 Å². The Bertz CT molecular complexity index is 1430. The molecule has 4 aromatic rings. The van der Waals surface area contributed by atoms with Crippen LogP contribution in [0.25, 0.3) is 17.0 Å². The normalized spacial score (nSPS) is 15.3. The van der Waals surface area contributed by atoms with Gasteiger partial charge in [0.25, 0.3) is 5.91 Å². The quantitative estimate of drug-likeness (QED) is 0.151. The largest absolute Gasteiger partial charge is 0.361 e. The summed E-state index contributed by atoms with van der Waals surface area (Å²) in [6.07, 6.45) is 7.88. The van der Waals surface area contributed by atoms with E-state index in [4.69, 9.17) is 5.21 Å². The van der Waals surface area contributed by atoms with Gasteiger partial charge in [-0.05, 0) is 91.3 Å². The van der Waals surface area contributed by atoms with Gasteiger partial charge in [0.15, 0.2) is 0 Å². The summed E-state index contributed by atoms with van der Waals surface area (Å²) < 4.78 is 13.7. The molecule has 0 saturated heterocycles. The number of halogens is 1. The third-order valence-electron chi connectivity index (χ3n) is 7.21. The highest BCUT2D eigenvalue weighted by molar-refractivity contribution is 5.90. The lowest BCUT2D eigenvalue weighted by Crippen LogP contribution is -2.29. The van der Waals surface area contributed by atoms with Crippen LogP contribution >= 0.6 is 0 Å². The first-order valence-corrected chi connectivity index (χ1v) is 12.3. The third-order valence-corrected chi connectivity index (χ3v) is 7.21. The van der Waals surface area contributed by atoms with Crippen LogP contribution in [0.2, 0.25) is 0 Å². The molecule has 0 radical (unpaired) electrons. The van der Waals surface area contributed by atoms with Crippen molar-refractivity contribution in [2.45, 2.75) is 45.7 Å². The topological polar surface area (TPSA) is 84.2 Å². The van der Waals surface area contributed by atoms with E-state index in [1.807, 2.05) is 18.3 Å². The Kier molecular flexibility index (Phi) is 6.76. The molecule has 7 heteroatoms. The lowest BCUT2D eigenvalue weighted by molar-refractivity contribution is -0.124. The van der Waals surface area contributed by atoms with Crippen molar-refractivity contribution >= 4 is 22.9 Å². The number of benzene rings is 2. The molecular weight excluding hydrogens is 455 g/mol. The van der Waals surface area contributed by atoms with Crippen molar-refractivity contribution in [2.24, 2.45) is 0 Å². The molecule has 1 aliphatic rings. The summed E-state index contributed by atoms with van der Waals surface area (Å²) >= 11 is 0. The van der Waals surface area contributed by atoms with Crippen molar-refractivity contribution in [3.63, 3.8) is 0 Å². The first-order chi connectivity index (χ1) is 17.4. The first-order valence-electron chi connectivity index (χ1n) is 12.3. The zero-order valence-corrected chi connectivity index (χ0v) is 20.6. The minimum atomic E-state index is -0.545. The van der Waals surface area contributed by atoms with Crippen LogP contribution in [0.3, 0.4) is 0 Å². The fraction of sp³-hybridized carbons (Fsp3) is 0.276. The zero-order valence-electron chi connectivity index (χ0n) is 20.6. The summed E-state index contributed by atoms with van der Waals surface area (Å²) in [7, 11) is 0. The highest BCUT2D eigenvalue weighted by Gasteiger charge is 2.29. The van der Waals surface area contributed by atoms with Gasteiger partial charge in [-0.1, -0.05) is 18.2 Å². The molecule has 2 heterocycles. The molecule has 186 valence electrons. The highest BCUT2D eigenvalue weighted by atomic mass is 19.1. The van der Waals surface area contributed by atoms with Crippen LogP contribution in [0.15, 0.2) is 54.7 Å². The predicted molar refractivity (Wildman–Crippen MR) is 139 cm³/mol. The van der Waals surface area contributed by atoms with Gasteiger partial charge in [0.1, 0.15) is 5.82 Å². The summed E-state index contributed by atoms with van der Waals surface area (Å²) in [6, 6.07) is 13.7. The van der Waals surface area contributed by atoms with E-state index in [0.717, 1.165) is 54.5 Å². The number of carbonyl (C=O) groups excluding carboxylic acids is 1. The Balaban J connectivity index is 1.40. The molecule has 5 rings (SSSR count). The number of nitrogens with one attached hydrogen (secondary N) is 3. The Morgan fingerprint density at radius 2 is 2.08 bits per heavy atom.